The van der Waals surface area contributed by atoms with Crippen molar-refractivity contribution in [1.82, 2.24) is 5.32 Å². The van der Waals surface area contributed by atoms with Crippen LogP contribution in [0.25, 0.3) is 0 Å². The van der Waals surface area contributed by atoms with Crippen molar-refractivity contribution in [2.45, 2.75) is 51.2 Å². The molecule has 1 atom stereocenters. The molecule has 1 N–H and O–H groups in total. The lowest BCUT2D eigenvalue weighted by molar-refractivity contribution is -0.162. The van der Waals surface area contributed by atoms with Gasteiger partial charge in [-0.2, -0.15) is 0 Å². The van der Waals surface area contributed by atoms with Gasteiger partial charge in [-0.3, -0.25) is 9.59 Å². The minimum atomic E-state index is -0.794. The first-order valence-corrected chi connectivity index (χ1v) is 6.66. The Morgan fingerprint density at radius 3 is 2.75 bits per heavy atom. The summed E-state index contributed by atoms with van der Waals surface area (Å²) in [4.78, 5) is 33.9. The summed E-state index contributed by atoms with van der Waals surface area (Å²) in [6, 6.07) is 0. The maximum atomic E-state index is 11.6. The fraction of sp³-hybridized carbons (Fsp3) is 0.643. The number of hydrogen-bond acceptors (Lipinski definition) is 5. The molecule has 1 aliphatic rings. The minimum Gasteiger partial charge on any atom is -0.457 e. The van der Waals surface area contributed by atoms with Gasteiger partial charge in [0.1, 0.15) is 5.60 Å². The molecule has 0 aliphatic carbocycles. The van der Waals surface area contributed by atoms with E-state index in [4.69, 9.17) is 9.47 Å². The van der Waals surface area contributed by atoms with Gasteiger partial charge in [-0.25, -0.2) is 4.79 Å². The molecule has 20 heavy (non-hydrogen) atoms. The lowest BCUT2D eigenvalue weighted by Crippen LogP contribution is -2.24. The standard InChI is InChI=1S/C14H21NO5/c1-4-11(16)15-8-6-5-7-12(17)19-10-9-14(2,3)20-13(10)18/h4,10H,1,5-9H2,2-3H3,(H,15,16). The van der Waals surface area contributed by atoms with Crippen LogP contribution in [0.15, 0.2) is 12.7 Å². The highest BCUT2D eigenvalue weighted by molar-refractivity contribution is 5.86. The molecule has 0 aromatic heterocycles. The number of unbranched alkanes of at least 4 members (excludes halogenated alkanes) is 1. The van der Waals surface area contributed by atoms with E-state index >= 15 is 0 Å². The SMILES string of the molecule is C=CC(=O)NCCCCC(=O)OC1CC(C)(C)OC1=O. The zero-order valence-electron chi connectivity index (χ0n) is 11.9. The van der Waals surface area contributed by atoms with Crippen molar-refractivity contribution < 1.29 is 23.9 Å². The Morgan fingerprint density at radius 2 is 2.20 bits per heavy atom. The van der Waals surface area contributed by atoms with Crippen molar-refractivity contribution in [2.24, 2.45) is 0 Å². The predicted molar refractivity (Wildman–Crippen MR) is 71.7 cm³/mol. The van der Waals surface area contributed by atoms with Crippen molar-refractivity contribution in [3.05, 3.63) is 12.7 Å². The van der Waals surface area contributed by atoms with Crippen LogP contribution in [0.5, 0.6) is 0 Å². The molecular weight excluding hydrogens is 262 g/mol. The summed E-state index contributed by atoms with van der Waals surface area (Å²) < 4.78 is 10.2. The fourth-order valence-corrected chi connectivity index (χ4v) is 1.89. The second kappa shape index (κ2) is 7.07. The van der Waals surface area contributed by atoms with Crippen LogP contribution in [0.4, 0.5) is 0 Å². The first-order valence-electron chi connectivity index (χ1n) is 6.66. The van der Waals surface area contributed by atoms with Gasteiger partial charge < -0.3 is 14.8 Å². The third-order valence-corrected chi connectivity index (χ3v) is 2.88. The number of rotatable bonds is 7. The summed E-state index contributed by atoms with van der Waals surface area (Å²) in [6.07, 6.45) is 2.25. The highest BCUT2D eigenvalue weighted by atomic mass is 16.6. The van der Waals surface area contributed by atoms with Crippen molar-refractivity contribution in [2.75, 3.05) is 6.54 Å². The predicted octanol–water partition coefficient (Wildman–Crippen LogP) is 1.10. The molecule has 1 heterocycles. The van der Waals surface area contributed by atoms with E-state index in [-0.39, 0.29) is 12.3 Å². The highest BCUT2D eigenvalue weighted by Gasteiger charge is 2.42. The van der Waals surface area contributed by atoms with Crippen LogP contribution in [0.3, 0.4) is 0 Å². The van der Waals surface area contributed by atoms with Crippen LogP contribution in [0.1, 0.15) is 39.5 Å². The van der Waals surface area contributed by atoms with E-state index in [9.17, 15) is 14.4 Å². The molecule has 6 heteroatoms. The highest BCUT2D eigenvalue weighted by Crippen LogP contribution is 2.27. The number of amides is 1. The summed E-state index contributed by atoms with van der Waals surface area (Å²) in [7, 11) is 0. The van der Waals surface area contributed by atoms with Gasteiger partial charge in [0.15, 0.2) is 0 Å². The molecule has 1 rings (SSSR count). The molecule has 6 nitrogen and oxygen atoms in total. The van der Waals surface area contributed by atoms with Crippen molar-refractivity contribution in [1.29, 1.82) is 0 Å². The molecule has 1 fully saturated rings. The number of hydrogen-bond donors (Lipinski definition) is 1. The van der Waals surface area contributed by atoms with Gasteiger partial charge in [0.2, 0.25) is 12.0 Å². The van der Waals surface area contributed by atoms with Gasteiger partial charge in [0, 0.05) is 19.4 Å². The minimum absolute atomic E-state index is 0.216. The number of ether oxygens (including phenoxy) is 2. The Hall–Kier alpha value is -1.85. The van der Waals surface area contributed by atoms with Gasteiger partial charge in [0.05, 0.1) is 0 Å². The summed E-state index contributed by atoms with van der Waals surface area (Å²) in [6.45, 7) is 7.37. The molecule has 0 aromatic rings. The molecule has 1 amide bonds. The molecule has 1 unspecified atom stereocenters. The topological polar surface area (TPSA) is 81.7 Å². The Labute approximate surface area is 118 Å². The third-order valence-electron chi connectivity index (χ3n) is 2.88. The molecule has 0 bridgehead atoms. The smallest absolute Gasteiger partial charge is 0.348 e. The van der Waals surface area contributed by atoms with E-state index in [1.807, 2.05) is 0 Å². The van der Waals surface area contributed by atoms with Gasteiger partial charge in [-0.15, -0.1) is 0 Å². The quantitative estimate of drug-likeness (QED) is 0.430. The zero-order chi connectivity index (χ0) is 15.2. The van der Waals surface area contributed by atoms with Crippen molar-refractivity contribution in [3.8, 4) is 0 Å². The summed E-state index contributed by atoms with van der Waals surface area (Å²) in [5.41, 5.74) is -0.572. The number of esters is 2. The Balaban J connectivity index is 2.16. The van der Waals surface area contributed by atoms with E-state index < -0.39 is 23.6 Å². The molecule has 0 spiro atoms. The lowest BCUT2D eigenvalue weighted by atomic mass is 10.0. The van der Waals surface area contributed by atoms with Crippen molar-refractivity contribution in [3.63, 3.8) is 0 Å². The molecule has 1 saturated heterocycles. The average molecular weight is 283 g/mol. The van der Waals surface area contributed by atoms with E-state index in [2.05, 4.69) is 11.9 Å². The summed E-state index contributed by atoms with van der Waals surface area (Å²) >= 11 is 0. The average Bonchev–Trinajstić information content (AvgIpc) is 2.61. The van der Waals surface area contributed by atoms with Gasteiger partial charge in [0.25, 0.3) is 0 Å². The molecule has 0 saturated carbocycles. The Bertz CT molecular complexity index is 402. The van der Waals surface area contributed by atoms with Crippen LogP contribution < -0.4 is 5.32 Å². The Kier molecular flexibility index (Phi) is 5.73. The molecular formula is C14H21NO5. The lowest BCUT2D eigenvalue weighted by Gasteiger charge is -2.14. The van der Waals surface area contributed by atoms with Crippen LogP contribution in [0, 0.1) is 0 Å². The first-order chi connectivity index (χ1) is 9.34. The second-order valence-electron chi connectivity index (χ2n) is 5.32. The normalized spacial score (nSPS) is 20.1. The summed E-state index contributed by atoms with van der Waals surface area (Å²) in [5.74, 6) is -1.13. The number of nitrogens with one attached hydrogen (secondary N) is 1. The van der Waals surface area contributed by atoms with Gasteiger partial charge in [-0.1, -0.05) is 6.58 Å². The van der Waals surface area contributed by atoms with Crippen LogP contribution in [-0.2, 0) is 23.9 Å². The molecule has 112 valence electrons. The number of carbonyl (C=O) groups excluding carboxylic acids is 3. The van der Waals surface area contributed by atoms with Crippen LogP contribution in [-0.4, -0.2) is 36.1 Å². The zero-order valence-corrected chi connectivity index (χ0v) is 11.9. The fourth-order valence-electron chi connectivity index (χ4n) is 1.89. The summed E-state index contributed by atoms with van der Waals surface area (Å²) in [5, 5.41) is 2.61. The molecule has 0 radical (unpaired) electrons. The maximum Gasteiger partial charge on any atom is 0.348 e. The van der Waals surface area contributed by atoms with Crippen molar-refractivity contribution >= 4 is 17.8 Å². The third kappa shape index (κ3) is 5.42. The molecule has 1 aliphatic heterocycles. The largest absolute Gasteiger partial charge is 0.457 e. The second-order valence-corrected chi connectivity index (χ2v) is 5.32. The maximum absolute atomic E-state index is 11.6. The van der Waals surface area contributed by atoms with Crippen LogP contribution >= 0.6 is 0 Å². The monoisotopic (exact) mass is 283 g/mol. The van der Waals surface area contributed by atoms with Gasteiger partial charge in [-0.05, 0) is 32.8 Å². The number of carbonyl (C=O) groups is 3. The van der Waals surface area contributed by atoms with E-state index in [0.717, 1.165) is 0 Å². The Morgan fingerprint density at radius 1 is 1.50 bits per heavy atom. The van der Waals surface area contributed by atoms with E-state index in [1.165, 1.54) is 6.08 Å². The van der Waals surface area contributed by atoms with Gasteiger partial charge >= 0.3 is 11.9 Å². The first kappa shape index (κ1) is 16.2. The van der Waals surface area contributed by atoms with E-state index in [1.54, 1.807) is 13.8 Å². The molecule has 0 aromatic carbocycles. The van der Waals surface area contributed by atoms with Crippen LogP contribution in [0.2, 0.25) is 0 Å². The number of cyclic esters (lactones) is 1. The van der Waals surface area contributed by atoms with E-state index in [0.29, 0.717) is 25.8 Å².